The van der Waals surface area contributed by atoms with Gasteiger partial charge in [0.25, 0.3) is 0 Å². The molecule has 2 heterocycles. The number of nitrogens with one attached hydrogen (secondary N) is 1. The van der Waals surface area contributed by atoms with Gasteiger partial charge in [-0.1, -0.05) is 12.8 Å². The number of anilines is 1. The summed E-state index contributed by atoms with van der Waals surface area (Å²) in [5.74, 6) is -1.89. The Bertz CT molecular complexity index is 952. The number of carbonyl (C=O) groups is 3. The monoisotopic (exact) mass is 417 g/mol. The zero-order valence-electron chi connectivity index (χ0n) is 15.8. The van der Waals surface area contributed by atoms with Gasteiger partial charge < -0.3 is 10.1 Å². The largest absolute Gasteiger partial charge is 0.494 e. The number of hydrogen-bond donors (Lipinski definition) is 1. The van der Waals surface area contributed by atoms with Crippen LogP contribution in [0.25, 0.3) is 11.3 Å². The number of imide groups is 1. The Morgan fingerprint density at radius 1 is 1.28 bits per heavy atom. The molecule has 2 aromatic rings. The minimum atomic E-state index is -0.504. The highest BCUT2D eigenvalue weighted by Gasteiger charge is 2.48. The topological polar surface area (TPSA) is 88.6 Å². The fourth-order valence-electron chi connectivity index (χ4n) is 3.98. The number of carbonyl (C=O) groups excluding carboxylic acids is 3. The minimum absolute atomic E-state index is 0.137. The van der Waals surface area contributed by atoms with Crippen LogP contribution in [0.2, 0.25) is 0 Å². The molecule has 7 nitrogen and oxygen atoms in total. The van der Waals surface area contributed by atoms with Crippen LogP contribution in [0, 0.1) is 17.7 Å². The molecule has 0 spiro atoms. The molecule has 3 amide bonds. The van der Waals surface area contributed by atoms with Gasteiger partial charge in [-0.15, -0.1) is 11.3 Å². The van der Waals surface area contributed by atoms with Crippen LogP contribution in [-0.2, 0) is 14.4 Å². The molecule has 1 saturated carbocycles. The summed E-state index contributed by atoms with van der Waals surface area (Å²) >= 11 is 1.18. The summed E-state index contributed by atoms with van der Waals surface area (Å²) in [5, 5.41) is 4.63. The highest BCUT2D eigenvalue weighted by molar-refractivity contribution is 7.14. The first kappa shape index (κ1) is 19.5. The molecule has 1 aromatic carbocycles. The van der Waals surface area contributed by atoms with Gasteiger partial charge >= 0.3 is 0 Å². The number of rotatable bonds is 5. The number of fused-ring (bicyclic) bond motifs is 1. The molecule has 1 aliphatic carbocycles. The van der Waals surface area contributed by atoms with Crippen molar-refractivity contribution in [2.75, 3.05) is 19.0 Å². The maximum absolute atomic E-state index is 13.9. The van der Waals surface area contributed by atoms with E-state index in [1.54, 1.807) is 11.4 Å². The van der Waals surface area contributed by atoms with E-state index in [1.165, 1.54) is 30.6 Å². The minimum Gasteiger partial charge on any atom is -0.494 e. The Morgan fingerprint density at radius 2 is 1.97 bits per heavy atom. The normalized spacial score (nSPS) is 21.2. The van der Waals surface area contributed by atoms with Crippen molar-refractivity contribution in [3.8, 4) is 17.0 Å². The van der Waals surface area contributed by atoms with Gasteiger partial charge in [0.15, 0.2) is 16.7 Å². The van der Waals surface area contributed by atoms with Gasteiger partial charge in [0.05, 0.1) is 24.6 Å². The van der Waals surface area contributed by atoms with E-state index in [-0.39, 0.29) is 35.9 Å². The Balaban J connectivity index is 1.41. The number of benzene rings is 1. The lowest BCUT2D eigenvalue weighted by molar-refractivity contribution is -0.142. The van der Waals surface area contributed by atoms with Crippen molar-refractivity contribution in [2.45, 2.75) is 25.7 Å². The highest BCUT2D eigenvalue weighted by atomic mass is 32.1. The van der Waals surface area contributed by atoms with Crippen LogP contribution in [0.4, 0.5) is 9.52 Å². The first-order valence-corrected chi connectivity index (χ1v) is 10.3. The summed E-state index contributed by atoms with van der Waals surface area (Å²) in [6.45, 7) is -0.309. The second-order valence-corrected chi connectivity index (χ2v) is 8.05. The van der Waals surface area contributed by atoms with Crippen molar-refractivity contribution in [1.82, 2.24) is 9.88 Å². The fourth-order valence-corrected chi connectivity index (χ4v) is 4.71. The number of aromatic nitrogens is 1. The fraction of sp³-hybridized carbons (Fsp3) is 0.400. The second kappa shape index (κ2) is 7.90. The standard InChI is InChI=1S/C20H20FN3O4S/c1-28-16-7-6-11(8-14(16)21)15-10-29-20(22-15)23-17(25)9-24-18(26)12-4-2-3-5-13(12)19(24)27/h6-8,10,12-13H,2-5,9H2,1H3,(H,22,23,25). The van der Waals surface area contributed by atoms with Crippen molar-refractivity contribution >= 4 is 34.2 Å². The van der Waals surface area contributed by atoms with E-state index in [2.05, 4.69) is 10.3 Å². The smallest absolute Gasteiger partial charge is 0.246 e. The number of ether oxygens (including phenoxy) is 1. The summed E-state index contributed by atoms with van der Waals surface area (Å²) in [6.07, 6.45) is 3.30. The van der Waals surface area contributed by atoms with Gasteiger partial charge in [-0.25, -0.2) is 9.37 Å². The maximum Gasteiger partial charge on any atom is 0.246 e. The zero-order chi connectivity index (χ0) is 20.5. The van der Waals surface area contributed by atoms with Crippen molar-refractivity contribution in [2.24, 2.45) is 11.8 Å². The van der Waals surface area contributed by atoms with Gasteiger partial charge in [0.2, 0.25) is 17.7 Å². The average Bonchev–Trinajstić information content (AvgIpc) is 3.27. The lowest BCUT2D eigenvalue weighted by Crippen LogP contribution is -2.38. The lowest BCUT2D eigenvalue weighted by atomic mass is 9.81. The molecule has 1 aliphatic heterocycles. The third kappa shape index (κ3) is 3.74. The number of methoxy groups -OCH3 is 1. The molecule has 2 aliphatic rings. The van der Waals surface area contributed by atoms with Crippen LogP contribution in [0.15, 0.2) is 23.6 Å². The SMILES string of the molecule is COc1ccc(-c2csc(NC(=O)CN3C(=O)C4CCCCC4C3=O)n2)cc1F. The molecule has 2 atom stereocenters. The van der Waals surface area contributed by atoms with Crippen molar-refractivity contribution in [3.63, 3.8) is 0 Å². The number of thiazole rings is 1. The van der Waals surface area contributed by atoms with Gasteiger partial charge in [-0.2, -0.15) is 0 Å². The Morgan fingerprint density at radius 3 is 2.59 bits per heavy atom. The first-order valence-electron chi connectivity index (χ1n) is 9.42. The molecule has 2 fully saturated rings. The van der Waals surface area contributed by atoms with Crippen molar-refractivity contribution in [3.05, 3.63) is 29.4 Å². The summed E-state index contributed by atoms with van der Waals surface area (Å²) in [5.41, 5.74) is 1.06. The first-order chi connectivity index (χ1) is 14.0. The summed E-state index contributed by atoms with van der Waals surface area (Å²) in [4.78, 5) is 42.7. The molecular weight excluding hydrogens is 397 g/mol. The molecule has 1 aromatic heterocycles. The Kier molecular flexibility index (Phi) is 5.31. The van der Waals surface area contributed by atoms with E-state index in [4.69, 9.17) is 4.74 Å². The van der Waals surface area contributed by atoms with Crippen LogP contribution in [0.5, 0.6) is 5.75 Å². The van der Waals surface area contributed by atoms with Gasteiger partial charge in [-0.05, 0) is 31.0 Å². The summed E-state index contributed by atoms with van der Waals surface area (Å²) < 4.78 is 18.8. The van der Waals surface area contributed by atoms with E-state index in [9.17, 15) is 18.8 Å². The Hall–Kier alpha value is -2.81. The van der Waals surface area contributed by atoms with Crippen LogP contribution >= 0.6 is 11.3 Å². The molecular formula is C20H20FN3O4S. The molecule has 0 bridgehead atoms. The molecule has 2 unspecified atom stereocenters. The van der Waals surface area contributed by atoms with Crippen LogP contribution in [-0.4, -0.2) is 41.3 Å². The molecule has 152 valence electrons. The third-order valence-corrected chi connectivity index (χ3v) is 6.19. The average molecular weight is 417 g/mol. The predicted octanol–water partition coefficient (Wildman–Crippen LogP) is 3.07. The van der Waals surface area contributed by atoms with Crippen molar-refractivity contribution < 1.29 is 23.5 Å². The van der Waals surface area contributed by atoms with Gasteiger partial charge in [-0.3, -0.25) is 19.3 Å². The van der Waals surface area contributed by atoms with Gasteiger partial charge in [0, 0.05) is 10.9 Å². The molecule has 29 heavy (non-hydrogen) atoms. The van der Waals surface area contributed by atoms with E-state index in [0.29, 0.717) is 29.2 Å². The highest BCUT2D eigenvalue weighted by Crippen LogP contribution is 2.38. The number of halogens is 1. The van der Waals surface area contributed by atoms with E-state index in [0.717, 1.165) is 17.7 Å². The molecule has 9 heteroatoms. The number of amides is 3. The third-order valence-electron chi connectivity index (χ3n) is 5.43. The van der Waals surface area contributed by atoms with E-state index in [1.807, 2.05) is 0 Å². The van der Waals surface area contributed by atoms with Crippen molar-refractivity contribution in [1.29, 1.82) is 0 Å². The van der Waals surface area contributed by atoms with E-state index >= 15 is 0 Å². The quantitative estimate of drug-likeness (QED) is 0.756. The van der Waals surface area contributed by atoms with Crippen LogP contribution in [0.3, 0.4) is 0 Å². The number of likely N-dealkylation sites (tertiary alicyclic amines) is 1. The molecule has 1 N–H and O–H groups in total. The number of nitrogens with zero attached hydrogens (tertiary/aromatic N) is 2. The lowest BCUT2D eigenvalue weighted by Gasteiger charge is -2.19. The molecule has 0 radical (unpaired) electrons. The van der Waals surface area contributed by atoms with Crippen LogP contribution < -0.4 is 10.1 Å². The Labute approximate surface area is 170 Å². The van der Waals surface area contributed by atoms with E-state index < -0.39 is 11.7 Å². The summed E-state index contributed by atoms with van der Waals surface area (Å²) in [7, 11) is 1.39. The van der Waals surface area contributed by atoms with Gasteiger partial charge in [0.1, 0.15) is 6.54 Å². The molecule has 1 saturated heterocycles. The van der Waals surface area contributed by atoms with Crippen LogP contribution in [0.1, 0.15) is 25.7 Å². The maximum atomic E-state index is 13.9. The predicted molar refractivity (Wildman–Crippen MR) is 105 cm³/mol. The summed E-state index contributed by atoms with van der Waals surface area (Å²) in [6, 6.07) is 4.49. The second-order valence-electron chi connectivity index (χ2n) is 7.20. The zero-order valence-corrected chi connectivity index (χ0v) is 16.6. The number of hydrogen-bond acceptors (Lipinski definition) is 6. The molecule has 4 rings (SSSR count).